The Morgan fingerprint density at radius 3 is 2.03 bits per heavy atom. The van der Waals surface area contributed by atoms with Gasteiger partial charge in [-0.3, -0.25) is 19.4 Å². The van der Waals surface area contributed by atoms with Crippen LogP contribution in [-0.2, 0) is 9.59 Å². The Bertz CT molecular complexity index is 945. The lowest BCUT2D eigenvalue weighted by atomic mass is 10.1. The predicted molar refractivity (Wildman–Crippen MR) is 127 cm³/mol. The van der Waals surface area contributed by atoms with Gasteiger partial charge in [-0.25, -0.2) is 0 Å². The molecule has 2 aromatic rings. The number of hydrogen-bond acceptors (Lipinski definition) is 4. The standard InChI is InChI=1S/C24H31ClN4O2/c1-16-12-18(3)24(20(25)13-16)27-23(31)15-29-10-8-28(9-11-29)14-22(30)26-21-7-5-6-17(2)19(21)4/h5-7,12-13H,8-11,14-15H2,1-4H3,(H,26,30)(H,27,31). The molecule has 1 fully saturated rings. The van der Waals surface area contributed by atoms with Crippen LogP contribution in [0.15, 0.2) is 30.3 Å². The molecule has 0 unspecified atom stereocenters. The Hall–Kier alpha value is -2.41. The van der Waals surface area contributed by atoms with Gasteiger partial charge in [-0.05, 0) is 62.1 Å². The minimum atomic E-state index is -0.0741. The van der Waals surface area contributed by atoms with Crippen LogP contribution in [0.2, 0.25) is 5.02 Å². The van der Waals surface area contributed by atoms with E-state index < -0.39 is 0 Å². The topological polar surface area (TPSA) is 64.7 Å². The monoisotopic (exact) mass is 442 g/mol. The summed E-state index contributed by atoms with van der Waals surface area (Å²) in [5.41, 5.74) is 5.82. The first kappa shape index (κ1) is 23.3. The first-order valence-electron chi connectivity index (χ1n) is 10.6. The Kier molecular flexibility index (Phi) is 7.70. The van der Waals surface area contributed by atoms with Gasteiger partial charge in [0.2, 0.25) is 11.8 Å². The van der Waals surface area contributed by atoms with E-state index in [0.29, 0.717) is 23.8 Å². The van der Waals surface area contributed by atoms with Gasteiger partial charge in [-0.1, -0.05) is 29.8 Å². The van der Waals surface area contributed by atoms with Crippen LogP contribution in [0.25, 0.3) is 0 Å². The fourth-order valence-corrected chi connectivity index (χ4v) is 4.21. The molecule has 0 aliphatic carbocycles. The molecule has 2 amide bonds. The molecule has 0 radical (unpaired) electrons. The van der Waals surface area contributed by atoms with E-state index in [0.717, 1.165) is 54.1 Å². The summed E-state index contributed by atoms with van der Waals surface area (Å²) >= 11 is 6.29. The molecular weight excluding hydrogens is 412 g/mol. The van der Waals surface area contributed by atoms with E-state index in [2.05, 4.69) is 20.4 Å². The average Bonchev–Trinajstić information content (AvgIpc) is 2.70. The van der Waals surface area contributed by atoms with Crippen molar-refractivity contribution in [2.45, 2.75) is 27.7 Å². The Morgan fingerprint density at radius 1 is 0.871 bits per heavy atom. The predicted octanol–water partition coefficient (Wildman–Crippen LogP) is 3.77. The Morgan fingerprint density at radius 2 is 1.45 bits per heavy atom. The van der Waals surface area contributed by atoms with Crippen LogP contribution < -0.4 is 10.6 Å². The van der Waals surface area contributed by atoms with Gasteiger partial charge in [0.25, 0.3) is 0 Å². The summed E-state index contributed by atoms with van der Waals surface area (Å²) in [5.74, 6) is -0.0839. The second kappa shape index (κ2) is 10.3. The van der Waals surface area contributed by atoms with Crippen molar-refractivity contribution in [3.63, 3.8) is 0 Å². The maximum absolute atomic E-state index is 12.5. The quantitative estimate of drug-likeness (QED) is 0.714. The number of benzene rings is 2. The van der Waals surface area contributed by atoms with Gasteiger partial charge in [0.05, 0.1) is 23.8 Å². The number of amides is 2. The fraction of sp³-hybridized carbons (Fsp3) is 0.417. The first-order valence-corrected chi connectivity index (χ1v) is 11.0. The van der Waals surface area contributed by atoms with Gasteiger partial charge in [0.15, 0.2) is 0 Å². The minimum Gasteiger partial charge on any atom is -0.325 e. The number of nitrogens with zero attached hydrogens (tertiary/aromatic N) is 2. The molecule has 7 heteroatoms. The van der Waals surface area contributed by atoms with Crippen LogP contribution in [0.4, 0.5) is 11.4 Å². The van der Waals surface area contributed by atoms with E-state index in [1.54, 1.807) is 0 Å². The number of halogens is 1. The van der Waals surface area contributed by atoms with E-state index >= 15 is 0 Å². The Labute approximate surface area is 189 Å². The molecule has 31 heavy (non-hydrogen) atoms. The summed E-state index contributed by atoms with van der Waals surface area (Å²) in [6, 6.07) is 9.77. The molecule has 166 valence electrons. The van der Waals surface area contributed by atoms with E-state index in [-0.39, 0.29) is 11.8 Å². The number of piperazine rings is 1. The van der Waals surface area contributed by atoms with Crippen LogP contribution in [0, 0.1) is 27.7 Å². The van der Waals surface area contributed by atoms with Gasteiger partial charge in [-0.15, -0.1) is 0 Å². The molecule has 0 saturated carbocycles. The summed E-state index contributed by atoms with van der Waals surface area (Å²) in [6.45, 7) is 11.6. The SMILES string of the molecule is Cc1cc(C)c(NC(=O)CN2CCN(CC(=O)Nc3cccc(C)c3C)CC2)c(Cl)c1. The maximum Gasteiger partial charge on any atom is 0.238 e. The lowest BCUT2D eigenvalue weighted by Gasteiger charge is -2.33. The zero-order valence-electron chi connectivity index (χ0n) is 18.7. The fourth-order valence-electron chi connectivity index (χ4n) is 3.84. The van der Waals surface area contributed by atoms with Crippen LogP contribution in [0.5, 0.6) is 0 Å². The maximum atomic E-state index is 12.5. The normalized spacial score (nSPS) is 15.0. The van der Waals surface area contributed by atoms with Crippen molar-refractivity contribution >= 4 is 34.8 Å². The third-order valence-electron chi connectivity index (χ3n) is 5.77. The van der Waals surface area contributed by atoms with E-state index in [1.165, 1.54) is 0 Å². The highest BCUT2D eigenvalue weighted by atomic mass is 35.5. The van der Waals surface area contributed by atoms with Gasteiger partial charge in [0.1, 0.15) is 0 Å². The molecule has 1 saturated heterocycles. The second-order valence-electron chi connectivity index (χ2n) is 8.33. The van der Waals surface area contributed by atoms with Crippen molar-refractivity contribution in [1.29, 1.82) is 0 Å². The smallest absolute Gasteiger partial charge is 0.238 e. The first-order chi connectivity index (χ1) is 14.7. The highest BCUT2D eigenvalue weighted by molar-refractivity contribution is 6.34. The summed E-state index contributed by atoms with van der Waals surface area (Å²) in [5, 5.41) is 6.52. The molecule has 2 N–H and O–H groups in total. The molecule has 1 heterocycles. The molecule has 6 nitrogen and oxygen atoms in total. The van der Waals surface area contributed by atoms with E-state index in [9.17, 15) is 9.59 Å². The van der Waals surface area contributed by atoms with E-state index in [1.807, 2.05) is 58.0 Å². The van der Waals surface area contributed by atoms with Crippen molar-refractivity contribution in [3.05, 3.63) is 57.6 Å². The van der Waals surface area contributed by atoms with Gasteiger partial charge < -0.3 is 10.6 Å². The van der Waals surface area contributed by atoms with Crippen molar-refractivity contribution in [3.8, 4) is 0 Å². The lowest BCUT2D eigenvalue weighted by Crippen LogP contribution is -2.50. The Balaban J connectivity index is 1.45. The van der Waals surface area contributed by atoms with E-state index in [4.69, 9.17) is 11.6 Å². The average molecular weight is 443 g/mol. The minimum absolute atomic E-state index is 0.00983. The molecule has 2 aromatic carbocycles. The van der Waals surface area contributed by atoms with Crippen molar-refractivity contribution in [1.82, 2.24) is 9.80 Å². The third-order valence-corrected chi connectivity index (χ3v) is 6.07. The van der Waals surface area contributed by atoms with Crippen molar-refractivity contribution in [2.24, 2.45) is 0 Å². The van der Waals surface area contributed by atoms with Crippen molar-refractivity contribution in [2.75, 3.05) is 49.9 Å². The molecule has 0 aromatic heterocycles. The van der Waals surface area contributed by atoms with Crippen LogP contribution in [0.1, 0.15) is 22.3 Å². The van der Waals surface area contributed by atoms with Gasteiger partial charge >= 0.3 is 0 Å². The zero-order chi connectivity index (χ0) is 22.5. The van der Waals surface area contributed by atoms with Crippen LogP contribution >= 0.6 is 11.6 Å². The summed E-state index contributed by atoms with van der Waals surface area (Å²) < 4.78 is 0. The van der Waals surface area contributed by atoms with Gasteiger partial charge in [0, 0.05) is 31.9 Å². The summed E-state index contributed by atoms with van der Waals surface area (Å²) in [6.07, 6.45) is 0. The molecule has 1 aliphatic heterocycles. The molecule has 0 bridgehead atoms. The summed E-state index contributed by atoms with van der Waals surface area (Å²) in [4.78, 5) is 29.2. The molecular formula is C24H31ClN4O2. The van der Waals surface area contributed by atoms with Crippen LogP contribution in [-0.4, -0.2) is 60.9 Å². The largest absolute Gasteiger partial charge is 0.325 e. The second-order valence-corrected chi connectivity index (χ2v) is 8.74. The third kappa shape index (κ3) is 6.29. The number of aryl methyl sites for hydroxylation is 3. The number of rotatable bonds is 6. The lowest BCUT2D eigenvalue weighted by molar-refractivity contribution is -0.120. The summed E-state index contributed by atoms with van der Waals surface area (Å²) in [7, 11) is 0. The van der Waals surface area contributed by atoms with Crippen LogP contribution in [0.3, 0.4) is 0 Å². The number of nitrogens with one attached hydrogen (secondary N) is 2. The number of carbonyl (C=O) groups excluding carboxylic acids is 2. The number of hydrogen-bond donors (Lipinski definition) is 2. The van der Waals surface area contributed by atoms with Gasteiger partial charge in [-0.2, -0.15) is 0 Å². The van der Waals surface area contributed by atoms with Crippen molar-refractivity contribution < 1.29 is 9.59 Å². The molecule has 0 spiro atoms. The number of anilines is 2. The molecule has 3 rings (SSSR count). The molecule has 1 aliphatic rings. The zero-order valence-corrected chi connectivity index (χ0v) is 19.5. The molecule has 0 atom stereocenters. The highest BCUT2D eigenvalue weighted by Crippen LogP contribution is 2.27. The highest BCUT2D eigenvalue weighted by Gasteiger charge is 2.21. The number of carbonyl (C=O) groups is 2.